The zero-order valence-electron chi connectivity index (χ0n) is 11.5. The van der Waals surface area contributed by atoms with Gasteiger partial charge in [-0.25, -0.2) is 4.79 Å². The van der Waals surface area contributed by atoms with E-state index in [9.17, 15) is 9.90 Å². The summed E-state index contributed by atoms with van der Waals surface area (Å²) in [5, 5.41) is 10.5. The number of hydrogen-bond acceptors (Lipinski definition) is 4. The minimum atomic E-state index is -1.28. The molecule has 20 heavy (non-hydrogen) atoms. The normalized spacial score (nSPS) is 17.8. The molecular formula is C15H19ClO4. The van der Waals surface area contributed by atoms with Gasteiger partial charge in [0.2, 0.25) is 0 Å². The van der Waals surface area contributed by atoms with E-state index >= 15 is 0 Å². The summed E-state index contributed by atoms with van der Waals surface area (Å²) in [5.41, 5.74) is 1.51. The Hall–Kier alpha value is -1.10. The van der Waals surface area contributed by atoms with Crippen molar-refractivity contribution < 1.29 is 19.4 Å². The standard InChI is InChI=1S/C15H19ClO4/c1-2-20-15(18)14(17)11-3-4-12(13(16)9-11)10-5-7-19-8-6-10/h3-4,9-10,14,17H,2,5-8H2,1H3. The van der Waals surface area contributed by atoms with Gasteiger partial charge in [-0.2, -0.15) is 0 Å². The number of esters is 1. The van der Waals surface area contributed by atoms with E-state index in [4.69, 9.17) is 21.1 Å². The van der Waals surface area contributed by atoms with Gasteiger partial charge in [-0.1, -0.05) is 23.7 Å². The van der Waals surface area contributed by atoms with E-state index in [1.807, 2.05) is 6.07 Å². The van der Waals surface area contributed by atoms with Crippen molar-refractivity contribution in [3.8, 4) is 0 Å². The van der Waals surface area contributed by atoms with Crippen LogP contribution in [-0.2, 0) is 14.3 Å². The quantitative estimate of drug-likeness (QED) is 0.869. The zero-order chi connectivity index (χ0) is 14.5. The predicted molar refractivity (Wildman–Crippen MR) is 75.8 cm³/mol. The molecule has 1 aromatic carbocycles. The van der Waals surface area contributed by atoms with Crippen LogP contribution in [-0.4, -0.2) is 30.9 Å². The lowest BCUT2D eigenvalue weighted by Gasteiger charge is -2.23. The van der Waals surface area contributed by atoms with Crippen LogP contribution in [0.3, 0.4) is 0 Å². The molecule has 0 spiro atoms. The molecule has 110 valence electrons. The van der Waals surface area contributed by atoms with Gasteiger partial charge >= 0.3 is 5.97 Å². The van der Waals surface area contributed by atoms with Crippen LogP contribution < -0.4 is 0 Å². The highest BCUT2D eigenvalue weighted by atomic mass is 35.5. The third-order valence-electron chi connectivity index (χ3n) is 3.51. The summed E-state index contributed by atoms with van der Waals surface area (Å²) < 4.78 is 10.1. The topological polar surface area (TPSA) is 55.8 Å². The number of halogens is 1. The Morgan fingerprint density at radius 1 is 1.50 bits per heavy atom. The third-order valence-corrected chi connectivity index (χ3v) is 3.84. The van der Waals surface area contributed by atoms with E-state index in [1.165, 1.54) is 0 Å². The number of hydrogen-bond donors (Lipinski definition) is 1. The maximum absolute atomic E-state index is 11.5. The Balaban J connectivity index is 2.14. The van der Waals surface area contributed by atoms with Crippen LogP contribution in [0.15, 0.2) is 18.2 Å². The third kappa shape index (κ3) is 3.51. The minimum Gasteiger partial charge on any atom is -0.464 e. The Bertz CT molecular complexity index is 469. The lowest BCUT2D eigenvalue weighted by molar-refractivity contribution is -0.153. The second-order valence-electron chi connectivity index (χ2n) is 4.82. The fourth-order valence-corrected chi connectivity index (χ4v) is 2.75. The molecule has 1 saturated heterocycles. The first-order valence-electron chi connectivity index (χ1n) is 6.85. The van der Waals surface area contributed by atoms with E-state index in [2.05, 4.69) is 0 Å². The summed E-state index contributed by atoms with van der Waals surface area (Å²) >= 11 is 6.28. The fraction of sp³-hybridized carbons (Fsp3) is 0.533. The van der Waals surface area contributed by atoms with Crippen molar-refractivity contribution in [2.75, 3.05) is 19.8 Å². The van der Waals surface area contributed by atoms with Crippen molar-refractivity contribution in [2.24, 2.45) is 0 Å². The van der Waals surface area contributed by atoms with Crippen LogP contribution in [0.2, 0.25) is 5.02 Å². The monoisotopic (exact) mass is 298 g/mol. The molecule has 1 atom stereocenters. The SMILES string of the molecule is CCOC(=O)C(O)c1ccc(C2CCOCC2)c(Cl)c1. The second-order valence-corrected chi connectivity index (χ2v) is 5.23. The lowest BCUT2D eigenvalue weighted by atomic mass is 9.90. The zero-order valence-corrected chi connectivity index (χ0v) is 12.2. The Morgan fingerprint density at radius 3 is 2.80 bits per heavy atom. The van der Waals surface area contributed by atoms with E-state index < -0.39 is 12.1 Å². The molecule has 1 heterocycles. The largest absolute Gasteiger partial charge is 0.464 e. The van der Waals surface area contributed by atoms with Crippen LogP contribution in [0.1, 0.15) is 42.9 Å². The van der Waals surface area contributed by atoms with Crippen molar-refractivity contribution in [3.63, 3.8) is 0 Å². The molecular weight excluding hydrogens is 280 g/mol. The first-order chi connectivity index (χ1) is 9.63. The Kier molecular flexibility index (Phi) is 5.40. The molecule has 1 fully saturated rings. The number of aliphatic hydroxyl groups excluding tert-OH is 1. The molecule has 1 aliphatic rings. The second kappa shape index (κ2) is 7.07. The van der Waals surface area contributed by atoms with Gasteiger partial charge < -0.3 is 14.6 Å². The van der Waals surface area contributed by atoms with Gasteiger partial charge in [0.1, 0.15) is 0 Å². The number of ether oxygens (including phenoxy) is 2. The molecule has 0 aliphatic carbocycles. The maximum Gasteiger partial charge on any atom is 0.339 e. The molecule has 1 aliphatic heterocycles. The van der Waals surface area contributed by atoms with Crippen molar-refractivity contribution in [1.82, 2.24) is 0 Å². The van der Waals surface area contributed by atoms with Gasteiger partial charge in [-0.15, -0.1) is 0 Å². The highest BCUT2D eigenvalue weighted by Gasteiger charge is 2.22. The minimum absolute atomic E-state index is 0.240. The summed E-state index contributed by atoms with van der Waals surface area (Å²) in [6, 6.07) is 5.27. The van der Waals surface area contributed by atoms with Gasteiger partial charge in [0, 0.05) is 18.2 Å². The van der Waals surface area contributed by atoms with Gasteiger partial charge in [0.25, 0.3) is 0 Å². The van der Waals surface area contributed by atoms with E-state index in [0.717, 1.165) is 31.6 Å². The molecule has 1 unspecified atom stereocenters. The molecule has 0 radical (unpaired) electrons. The van der Waals surface area contributed by atoms with Crippen LogP contribution in [0, 0.1) is 0 Å². The van der Waals surface area contributed by atoms with Crippen LogP contribution in [0.4, 0.5) is 0 Å². The van der Waals surface area contributed by atoms with Gasteiger partial charge in [-0.05, 0) is 42.9 Å². The molecule has 0 bridgehead atoms. The van der Waals surface area contributed by atoms with Crippen LogP contribution in [0.25, 0.3) is 0 Å². The number of benzene rings is 1. The molecule has 0 amide bonds. The summed E-state index contributed by atoms with van der Waals surface area (Å²) in [6.07, 6.45) is 0.607. The summed E-state index contributed by atoms with van der Waals surface area (Å²) in [5.74, 6) is -0.271. The van der Waals surface area contributed by atoms with Crippen molar-refractivity contribution in [3.05, 3.63) is 34.3 Å². The van der Waals surface area contributed by atoms with E-state index in [1.54, 1.807) is 19.1 Å². The average molecular weight is 299 g/mol. The van der Waals surface area contributed by atoms with E-state index in [-0.39, 0.29) is 6.61 Å². The average Bonchev–Trinajstić information content (AvgIpc) is 2.47. The van der Waals surface area contributed by atoms with E-state index in [0.29, 0.717) is 16.5 Å². The van der Waals surface area contributed by atoms with Gasteiger partial charge in [-0.3, -0.25) is 0 Å². The smallest absolute Gasteiger partial charge is 0.339 e. The highest BCUT2D eigenvalue weighted by molar-refractivity contribution is 6.31. The summed E-state index contributed by atoms with van der Waals surface area (Å²) in [7, 11) is 0. The molecule has 1 aromatic rings. The molecule has 0 aromatic heterocycles. The Morgan fingerprint density at radius 2 is 2.20 bits per heavy atom. The molecule has 1 N–H and O–H groups in total. The molecule has 4 nitrogen and oxygen atoms in total. The number of rotatable bonds is 4. The van der Waals surface area contributed by atoms with Crippen molar-refractivity contribution in [1.29, 1.82) is 0 Å². The van der Waals surface area contributed by atoms with Crippen LogP contribution in [0.5, 0.6) is 0 Å². The first-order valence-corrected chi connectivity index (χ1v) is 7.23. The number of aliphatic hydroxyl groups is 1. The maximum atomic E-state index is 11.5. The molecule has 5 heteroatoms. The first kappa shape index (κ1) is 15.3. The van der Waals surface area contributed by atoms with Crippen molar-refractivity contribution >= 4 is 17.6 Å². The lowest BCUT2D eigenvalue weighted by Crippen LogP contribution is -2.16. The Labute approximate surface area is 123 Å². The van der Waals surface area contributed by atoms with Gasteiger partial charge in [0.05, 0.1) is 6.61 Å². The van der Waals surface area contributed by atoms with Crippen molar-refractivity contribution in [2.45, 2.75) is 31.8 Å². The fourth-order valence-electron chi connectivity index (χ4n) is 2.41. The molecule has 0 saturated carbocycles. The molecule has 2 rings (SSSR count). The summed E-state index contributed by atoms with van der Waals surface area (Å²) in [4.78, 5) is 11.5. The summed E-state index contributed by atoms with van der Waals surface area (Å²) in [6.45, 7) is 3.43. The highest BCUT2D eigenvalue weighted by Crippen LogP contribution is 2.33. The van der Waals surface area contributed by atoms with Crippen LogP contribution >= 0.6 is 11.6 Å². The number of carbonyl (C=O) groups is 1. The predicted octanol–water partition coefficient (Wildman–Crippen LogP) is 2.83. The number of carbonyl (C=O) groups excluding carboxylic acids is 1. The van der Waals surface area contributed by atoms with Gasteiger partial charge in [0.15, 0.2) is 6.10 Å².